The summed E-state index contributed by atoms with van der Waals surface area (Å²) in [5.74, 6) is -0.677. The number of halogens is 1. The van der Waals surface area contributed by atoms with Crippen molar-refractivity contribution >= 4 is 29.1 Å². The van der Waals surface area contributed by atoms with Crippen molar-refractivity contribution in [1.29, 1.82) is 0 Å². The zero-order chi connectivity index (χ0) is 19.1. The van der Waals surface area contributed by atoms with Crippen LogP contribution in [0.2, 0.25) is 5.02 Å². The number of nitrogens with two attached hydrogens (primary N) is 1. The summed E-state index contributed by atoms with van der Waals surface area (Å²) >= 11 is 6.24. The summed E-state index contributed by atoms with van der Waals surface area (Å²) in [7, 11) is 0. The summed E-state index contributed by atoms with van der Waals surface area (Å²) in [5.41, 5.74) is 7.45. The van der Waals surface area contributed by atoms with Crippen molar-refractivity contribution in [3.8, 4) is 0 Å². The van der Waals surface area contributed by atoms with Crippen molar-refractivity contribution in [2.24, 2.45) is 11.7 Å². The fourth-order valence-electron chi connectivity index (χ4n) is 2.44. The van der Waals surface area contributed by atoms with E-state index in [9.17, 15) is 9.59 Å². The molecule has 0 aromatic heterocycles. The van der Waals surface area contributed by atoms with Crippen LogP contribution in [-0.2, 0) is 11.3 Å². The molecular formula is C20H24ClN3O2. The van der Waals surface area contributed by atoms with Crippen LogP contribution in [-0.4, -0.2) is 29.8 Å². The predicted molar refractivity (Wildman–Crippen MR) is 105 cm³/mol. The Morgan fingerprint density at radius 3 is 2.50 bits per heavy atom. The smallest absolute Gasteiger partial charge is 0.255 e. The van der Waals surface area contributed by atoms with Crippen LogP contribution in [0.15, 0.2) is 48.5 Å². The van der Waals surface area contributed by atoms with Crippen LogP contribution in [0.3, 0.4) is 0 Å². The SMILES string of the molecule is CCN(Cc1ccccc1)C(=O)c1cc(NC(=O)C(C)CN)ccc1Cl. The minimum absolute atomic E-state index is 0.177. The highest BCUT2D eigenvalue weighted by Crippen LogP contribution is 2.23. The van der Waals surface area contributed by atoms with Gasteiger partial charge in [0.2, 0.25) is 5.91 Å². The molecule has 0 bridgehead atoms. The average Bonchev–Trinajstić information content (AvgIpc) is 2.67. The molecule has 0 spiro atoms. The zero-order valence-corrected chi connectivity index (χ0v) is 15.8. The van der Waals surface area contributed by atoms with Crippen LogP contribution in [0.5, 0.6) is 0 Å². The topological polar surface area (TPSA) is 75.4 Å². The molecule has 2 aromatic rings. The van der Waals surface area contributed by atoms with Crippen molar-refractivity contribution in [2.45, 2.75) is 20.4 Å². The molecule has 0 aliphatic carbocycles. The minimum atomic E-state index is -0.310. The van der Waals surface area contributed by atoms with E-state index in [2.05, 4.69) is 5.32 Å². The molecule has 3 N–H and O–H groups in total. The lowest BCUT2D eigenvalue weighted by molar-refractivity contribution is -0.119. The van der Waals surface area contributed by atoms with Crippen molar-refractivity contribution in [2.75, 3.05) is 18.4 Å². The van der Waals surface area contributed by atoms with Crippen molar-refractivity contribution in [1.82, 2.24) is 4.90 Å². The molecule has 0 saturated carbocycles. The molecule has 2 rings (SSSR count). The Morgan fingerprint density at radius 2 is 1.88 bits per heavy atom. The van der Waals surface area contributed by atoms with Crippen molar-refractivity contribution in [3.63, 3.8) is 0 Å². The molecule has 0 aliphatic heterocycles. The highest BCUT2D eigenvalue weighted by molar-refractivity contribution is 6.34. The van der Waals surface area contributed by atoms with E-state index in [0.29, 0.717) is 29.4 Å². The Kier molecular flexibility index (Phi) is 7.18. The predicted octanol–water partition coefficient (Wildman–Crippen LogP) is 3.54. The molecular weight excluding hydrogens is 350 g/mol. The van der Waals surface area contributed by atoms with Gasteiger partial charge in [0.15, 0.2) is 0 Å². The van der Waals surface area contributed by atoms with Crippen LogP contribution < -0.4 is 11.1 Å². The van der Waals surface area contributed by atoms with E-state index >= 15 is 0 Å². The van der Waals surface area contributed by atoms with E-state index in [0.717, 1.165) is 5.56 Å². The first-order chi connectivity index (χ1) is 12.5. The molecule has 26 heavy (non-hydrogen) atoms. The number of nitrogens with zero attached hydrogens (tertiary/aromatic N) is 1. The van der Waals surface area contributed by atoms with E-state index in [-0.39, 0.29) is 24.3 Å². The van der Waals surface area contributed by atoms with Crippen LogP contribution in [0.4, 0.5) is 5.69 Å². The lowest BCUT2D eigenvalue weighted by Crippen LogP contribution is -2.31. The molecule has 2 amide bonds. The van der Waals surface area contributed by atoms with E-state index in [1.807, 2.05) is 37.3 Å². The molecule has 138 valence electrons. The van der Waals surface area contributed by atoms with Crippen LogP contribution >= 0.6 is 11.6 Å². The second-order valence-electron chi connectivity index (χ2n) is 6.13. The molecule has 2 aromatic carbocycles. The first-order valence-electron chi connectivity index (χ1n) is 8.60. The molecule has 0 fully saturated rings. The second kappa shape index (κ2) is 9.36. The Labute approximate surface area is 159 Å². The van der Waals surface area contributed by atoms with Gasteiger partial charge >= 0.3 is 0 Å². The van der Waals surface area contributed by atoms with Gasteiger partial charge in [0.1, 0.15) is 0 Å². The normalized spacial score (nSPS) is 11.7. The van der Waals surface area contributed by atoms with Crippen molar-refractivity contribution in [3.05, 3.63) is 64.7 Å². The van der Waals surface area contributed by atoms with Gasteiger partial charge in [-0.15, -0.1) is 0 Å². The number of carbonyl (C=O) groups excluding carboxylic acids is 2. The molecule has 1 atom stereocenters. The fraction of sp³-hybridized carbons (Fsp3) is 0.300. The Bertz CT molecular complexity index is 765. The number of hydrogen-bond acceptors (Lipinski definition) is 3. The fourth-order valence-corrected chi connectivity index (χ4v) is 2.64. The van der Waals surface area contributed by atoms with E-state index in [4.69, 9.17) is 17.3 Å². The molecule has 0 radical (unpaired) electrons. The number of nitrogens with one attached hydrogen (secondary N) is 1. The van der Waals surface area contributed by atoms with E-state index in [1.165, 1.54) is 0 Å². The number of hydrogen-bond donors (Lipinski definition) is 2. The lowest BCUT2D eigenvalue weighted by atomic mass is 10.1. The summed E-state index contributed by atoms with van der Waals surface area (Å²) in [6.45, 7) is 4.96. The first-order valence-corrected chi connectivity index (χ1v) is 8.97. The van der Waals surface area contributed by atoms with Crippen LogP contribution in [0, 0.1) is 5.92 Å². The largest absolute Gasteiger partial charge is 0.335 e. The minimum Gasteiger partial charge on any atom is -0.335 e. The number of anilines is 1. The Morgan fingerprint density at radius 1 is 1.19 bits per heavy atom. The molecule has 0 heterocycles. The molecule has 0 aliphatic rings. The van der Waals surface area contributed by atoms with Gasteiger partial charge in [-0.05, 0) is 30.7 Å². The molecule has 6 heteroatoms. The molecule has 5 nitrogen and oxygen atoms in total. The van der Waals surface area contributed by atoms with Gasteiger partial charge in [-0.1, -0.05) is 48.9 Å². The maximum Gasteiger partial charge on any atom is 0.255 e. The molecule has 0 saturated heterocycles. The third-order valence-corrected chi connectivity index (χ3v) is 4.48. The first kappa shape index (κ1) is 19.9. The number of carbonyl (C=O) groups is 2. The summed E-state index contributed by atoms with van der Waals surface area (Å²) < 4.78 is 0. The van der Waals surface area contributed by atoms with Gasteiger partial charge in [-0.2, -0.15) is 0 Å². The Hall–Kier alpha value is -2.37. The second-order valence-corrected chi connectivity index (χ2v) is 6.53. The van der Waals surface area contributed by atoms with Gasteiger partial charge < -0.3 is 16.0 Å². The number of rotatable bonds is 7. The highest BCUT2D eigenvalue weighted by Gasteiger charge is 2.19. The quantitative estimate of drug-likeness (QED) is 0.779. The number of amides is 2. The van der Waals surface area contributed by atoms with Gasteiger partial charge in [-0.25, -0.2) is 0 Å². The zero-order valence-electron chi connectivity index (χ0n) is 15.0. The van der Waals surface area contributed by atoms with Gasteiger partial charge in [0.05, 0.1) is 10.6 Å². The summed E-state index contributed by atoms with van der Waals surface area (Å²) in [6, 6.07) is 14.7. The monoisotopic (exact) mass is 373 g/mol. The maximum absolute atomic E-state index is 12.9. The van der Waals surface area contributed by atoms with Gasteiger partial charge in [0.25, 0.3) is 5.91 Å². The van der Waals surface area contributed by atoms with E-state index in [1.54, 1.807) is 30.0 Å². The Balaban J connectivity index is 2.21. The van der Waals surface area contributed by atoms with E-state index < -0.39 is 0 Å². The number of benzene rings is 2. The average molecular weight is 374 g/mol. The standard InChI is InChI=1S/C20H24ClN3O2/c1-3-24(13-15-7-5-4-6-8-15)20(26)17-11-16(9-10-18(17)21)23-19(25)14(2)12-22/h4-11,14H,3,12-13,22H2,1-2H3,(H,23,25). The summed E-state index contributed by atoms with van der Waals surface area (Å²) in [4.78, 5) is 26.7. The van der Waals surface area contributed by atoms with Gasteiger partial charge in [-0.3, -0.25) is 9.59 Å². The highest BCUT2D eigenvalue weighted by atomic mass is 35.5. The van der Waals surface area contributed by atoms with Gasteiger partial charge in [0, 0.05) is 31.2 Å². The lowest BCUT2D eigenvalue weighted by Gasteiger charge is -2.22. The molecule has 1 unspecified atom stereocenters. The third-order valence-electron chi connectivity index (χ3n) is 4.15. The third kappa shape index (κ3) is 5.07. The van der Waals surface area contributed by atoms with Crippen LogP contribution in [0.1, 0.15) is 29.8 Å². The van der Waals surface area contributed by atoms with Crippen LogP contribution in [0.25, 0.3) is 0 Å². The van der Waals surface area contributed by atoms with Crippen molar-refractivity contribution < 1.29 is 9.59 Å². The summed E-state index contributed by atoms with van der Waals surface area (Å²) in [5, 5.41) is 3.13. The summed E-state index contributed by atoms with van der Waals surface area (Å²) in [6.07, 6.45) is 0. The maximum atomic E-state index is 12.9.